The van der Waals surface area contributed by atoms with Crippen LogP contribution in [0.3, 0.4) is 0 Å². The van der Waals surface area contributed by atoms with E-state index in [1.807, 2.05) is 6.92 Å². The van der Waals surface area contributed by atoms with Crippen molar-refractivity contribution in [2.45, 2.75) is 53.4 Å². The topological polar surface area (TPSA) is 41.0 Å². The summed E-state index contributed by atoms with van der Waals surface area (Å²) in [5, 5.41) is 3.42. The lowest BCUT2D eigenvalue weighted by Gasteiger charge is -2.20. The van der Waals surface area contributed by atoms with Crippen LogP contribution >= 0.6 is 0 Å². The Morgan fingerprint density at radius 3 is 2.35 bits per heavy atom. The van der Waals surface area contributed by atoms with Crippen LogP contribution in [0, 0.1) is 6.92 Å². The van der Waals surface area contributed by atoms with Gasteiger partial charge in [-0.3, -0.25) is 0 Å². The van der Waals surface area contributed by atoms with E-state index in [0.29, 0.717) is 0 Å². The van der Waals surface area contributed by atoms with Crippen molar-refractivity contribution in [3.63, 3.8) is 0 Å². The highest BCUT2D eigenvalue weighted by Crippen LogP contribution is 2.22. The third-order valence-corrected chi connectivity index (χ3v) is 3.46. The highest BCUT2D eigenvalue weighted by Gasteiger charge is 2.16. The van der Waals surface area contributed by atoms with Crippen LogP contribution in [-0.2, 0) is 5.41 Å². The van der Waals surface area contributed by atoms with Crippen LogP contribution in [0.2, 0.25) is 0 Å². The van der Waals surface area contributed by atoms with Crippen molar-refractivity contribution in [1.29, 1.82) is 0 Å². The molecule has 0 unspecified atom stereocenters. The maximum absolute atomic E-state index is 4.53. The molecule has 0 spiro atoms. The molecule has 114 valence electrons. The van der Waals surface area contributed by atoms with Crippen LogP contribution in [0.5, 0.6) is 0 Å². The summed E-state index contributed by atoms with van der Waals surface area (Å²) in [6, 6.07) is 2.07. The fourth-order valence-electron chi connectivity index (χ4n) is 2.10. The zero-order chi connectivity index (χ0) is 15.2. The first-order valence-electron chi connectivity index (χ1n) is 7.69. The highest BCUT2D eigenvalue weighted by molar-refractivity contribution is 5.37. The molecule has 0 radical (unpaired) electrons. The third-order valence-electron chi connectivity index (χ3n) is 3.46. The summed E-state index contributed by atoms with van der Waals surface area (Å²) < 4.78 is 0. The minimum atomic E-state index is 0.0609. The molecule has 0 aliphatic heterocycles. The molecule has 1 rings (SSSR count). The molecule has 0 atom stereocenters. The Bertz CT molecular complexity index is 405. The number of nitrogens with zero attached hydrogens (tertiary/aromatic N) is 3. The summed E-state index contributed by atoms with van der Waals surface area (Å²) >= 11 is 0. The minimum Gasteiger partial charge on any atom is -0.370 e. The zero-order valence-electron chi connectivity index (χ0n) is 14.0. The van der Waals surface area contributed by atoms with Crippen molar-refractivity contribution in [1.82, 2.24) is 14.9 Å². The van der Waals surface area contributed by atoms with Crippen LogP contribution in [0.15, 0.2) is 6.07 Å². The van der Waals surface area contributed by atoms with Crippen LogP contribution < -0.4 is 5.32 Å². The summed E-state index contributed by atoms with van der Waals surface area (Å²) in [5.74, 6) is 1.78. The van der Waals surface area contributed by atoms with E-state index < -0.39 is 0 Å². The highest BCUT2D eigenvalue weighted by atomic mass is 15.1. The molecule has 0 aliphatic rings. The van der Waals surface area contributed by atoms with E-state index in [4.69, 9.17) is 0 Å². The van der Waals surface area contributed by atoms with Gasteiger partial charge in [0, 0.05) is 18.0 Å². The zero-order valence-corrected chi connectivity index (χ0v) is 14.0. The van der Waals surface area contributed by atoms with E-state index in [0.717, 1.165) is 49.9 Å². The van der Waals surface area contributed by atoms with Crippen molar-refractivity contribution < 1.29 is 0 Å². The fourth-order valence-corrected chi connectivity index (χ4v) is 2.10. The van der Waals surface area contributed by atoms with Gasteiger partial charge in [0.2, 0.25) is 0 Å². The van der Waals surface area contributed by atoms with Gasteiger partial charge in [-0.1, -0.05) is 34.6 Å². The van der Waals surface area contributed by atoms with E-state index in [-0.39, 0.29) is 5.41 Å². The average Bonchev–Trinajstić information content (AvgIpc) is 2.37. The molecule has 0 aliphatic carbocycles. The maximum atomic E-state index is 4.53. The first kappa shape index (κ1) is 16.9. The molecule has 0 saturated carbocycles. The van der Waals surface area contributed by atoms with Gasteiger partial charge in [0.05, 0.1) is 5.69 Å². The Hall–Kier alpha value is -1.16. The Labute approximate surface area is 124 Å². The first-order valence-corrected chi connectivity index (χ1v) is 7.69. The Morgan fingerprint density at radius 1 is 1.15 bits per heavy atom. The van der Waals surface area contributed by atoms with Gasteiger partial charge in [-0.25, -0.2) is 9.97 Å². The van der Waals surface area contributed by atoms with Gasteiger partial charge in [-0.2, -0.15) is 0 Å². The third kappa shape index (κ3) is 5.45. The van der Waals surface area contributed by atoms with E-state index in [1.165, 1.54) is 0 Å². The van der Waals surface area contributed by atoms with Crippen molar-refractivity contribution in [3.05, 3.63) is 17.6 Å². The van der Waals surface area contributed by atoms with Crippen molar-refractivity contribution in [3.8, 4) is 0 Å². The molecule has 4 heteroatoms. The molecule has 0 bridgehead atoms. The molecule has 1 aromatic rings. The monoisotopic (exact) mass is 278 g/mol. The van der Waals surface area contributed by atoms with Crippen LogP contribution in [0.25, 0.3) is 0 Å². The van der Waals surface area contributed by atoms with E-state index in [1.54, 1.807) is 0 Å². The molecule has 0 saturated heterocycles. The van der Waals surface area contributed by atoms with Crippen molar-refractivity contribution >= 4 is 5.82 Å². The smallest absolute Gasteiger partial charge is 0.129 e. The summed E-state index contributed by atoms with van der Waals surface area (Å²) in [6.07, 6.45) is 1.13. The van der Waals surface area contributed by atoms with Crippen LogP contribution in [0.1, 0.15) is 52.6 Å². The quantitative estimate of drug-likeness (QED) is 0.778. The minimum absolute atomic E-state index is 0.0609. The van der Waals surface area contributed by atoms with Gasteiger partial charge in [0.1, 0.15) is 11.6 Å². The van der Waals surface area contributed by atoms with Crippen LogP contribution in [-0.4, -0.2) is 41.0 Å². The SMILES string of the molecule is CCN(CC)CCCNc1cc(C(C)(C)C)nc(C)n1. The lowest BCUT2D eigenvalue weighted by molar-refractivity contribution is 0.303. The Kier molecular flexibility index (Phi) is 6.40. The molecular weight excluding hydrogens is 248 g/mol. The second-order valence-corrected chi connectivity index (χ2v) is 6.24. The maximum Gasteiger partial charge on any atom is 0.129 e. The number of anilines is 1. The van der Waals surface area contributed by atoms with E-state index in [9.17, 15) is 0 Å². The summed E-state index contributed by atoms with van der Waals surface area (Å²) in [7, 11) is 0. The second kappa shape index (κ2) is 7.58. The Morgan fingerprint density at radius 2 is 1.80 bits per heavy atom. The predicted octanol–water partition coefficient (Wildman–Crippen LogP) is 3.23. The second-order valence-electron chi connectivity index (χ2n) is 6.24. The molecule has 1 aromatic heterocycles. The number of hydrogen-bond acceptors (Lipinski definition) is 4. The largest absolute Gasteiger partial charge is 0.370 e. The number of rotatable bonds is 7. The van der Waals surface area contributed by atoms with Crippen molar-refractivity contribution in [2.24, 2.45) is 0 Å². The molecule has 0 aromatic carbocycles. The lowest BCUT2D eigenvalue weighted by Crippen LogP contribution is -2.25. The number of hydrogen-bond donors (Lipinski definition) is 1. The molecule has 1 heterocycles. The van der Waals surface area contributed by atoms with Gasteiger partial charge in [-0.05, 0) is 33.0 Å². The molecule has 1 N–H and O–H groups in total. The van der Waals surface area contributed by atoms with Gasteiger partial charge in [-0.15, -0.1) is 0 Å². The molecule has 0 fully saturated rings. The van der Waals surface area contributed by atoms with Crippen molar-refractivity contribution in [2.75, 3.05) is 31.5 Å². The standard InChI is InChI=1S/C16H30N4/c1-7-20(8-2)11-9-10-17-15-12-14(16(4,5)6)18-13(3)19-15/h12H,7-11H2,1-6H3,(H,17,18,19). The predicted molar refractivity (Wildman–Crippen MR) is 86.4 cm³/mol. The van der Waals surface area contributed by atoms with Gasteiger partial charge in [0.15, 0.2) is 0 Å². The van der Waals surface area contributed by atoms with E-state index >= 15 is 0 Å². The van der Waals surface area contributed by atoms with Gasteiger partial charge >= 0.3 is 0 Å². The summed E-state index contributed by atoms with van der Waals surface area (Å²) in [4.78, 5) is 11.4. The summed E-state index contributed by atoms with van der Waals surface area (Å²) in [5.41, 5.74) is 1.15. The normalized spacial score (nSPS) is 11.9. The Balaban J connectivity index is 2.54. The summed E-state index contributed by atoms with van der Waals surface area (Å²) in [6.45, 7) is 17.2. The molecule has 20 heavy (non-hydrogen) atoms. The van der Waals surface area contributed by atoms with E-state index in [2.05, 4.69) is 60.9 Å². The number of nitrogens with one attached hydrogen (secondary N) is 1. The number of aryl methyl sites for hydroxylation is 1. The number of aromatic nitrogens is 2. The average molecular weight is 278 g/mol. The van der Waals surface area contributed by atoms with Crippen LogP contribution in [0.4, 0.5) is 5.82 Å². The molecule has 4 nitrogen and oxygen atoms in total. The first-order chi connectivity index (χ1) is 9.36. The fraction of sp³-hybridized carbons (Fsp3) is 0.750. The lowest BCUT2D eigenvalue weighted by atomic mass is 9.92. The van der Waals surface area contributed by atoms with Gasteiger partial charge < -0.3 is 10.2 Å². The molecular formula is C16H30N4. The molecule has 0 amide bonds. The van der Waals surface area contributed by atoms with Gasteiger partial charge in [0.25, 0.3) is 0 Å².